The summed E-state index contributed by atoms with van der Waals surface area (Å²) in [5.41, 5.74) is 10.6. The molecule has 0 bridgehead atoms. The zero-order valence-electron chi connectivity index (χ0n) is 9.91. The molecule has 0 radical (unpaired) electrons. The number of rotatable bonds is 7. The van der Waals surface area contributed by atoms with Gasteiger partial charge in [-0.1, -0.05) is 6.07 Å². The number of nitrogens with two attached hydrogens (primary N) is 2. The lowest BCUT2D eigenvalue weighted by atomic mass is 10.1. The van der Waals surface area contributed by atoms with Crippen molar-refractivity contribution < 1.29 is 14.0 Å². The van der Waals surface area contributed by atoms with E-state index in [-0.39, 0.29) is 11.5 Å². The topological polar surface area (TPSA) is 98.2 Å². The second kappa shape index (κ2) is 6.70. The number of carbonyl (C=O) groups excluding carboxylic acids is 2. The van der Waals surface area contributed by atoms with Crippen molar-refractivity contribution in [1.82, 2.24) is 5.32 Å². The Balaban J connectivity index is 2.43. The summed E-state index contributed by atoms with van der Waals surface area (Å²) in [5.74, 6) is -1.49. The molecule has 0 atom stereocenters. The first kappa shape index (κ1) is 14.1. The fraction of sp³-hybridized carbons (Fsp3) is 0.333. The second-order valence-electron chi connectivity index (χ2n) is 3.92. The van der Waals surface area contributed by atoms with E-state index < -0.39 is 11.7 Å². The van der Waals surface area contributed by atoms with E-state index in [2.05, 4.69) is 5.32 Å². The molecule has 6 heteroatoms. The minimum Gasteiger partial charge on any atom is -0.370 e. The van der Waals surface area contributed by atoms with Gasteiger partial charge in [0.05, 0.1) is 0 Å². The SMILES string of the molecule is NC(=O)CCCNCc1ccc(C(N)=O)cc1F. The van der Waals surface area contributed by atoms with Crippen LogP contribution in [0.5, 0.6) is 0 Å². The third-order valence-corrected chi connectivity index (χ3v) is 2.43. The molecule has 0 saturated heterocycles. The number of hydrogen-bond acceptors (Lipinski definition) is 3. The van der Waals surface area contributed by atoms with Crippen molar-refractivity contribution in [1.29, 1.82) is 0 Å². The van der Waals surface area contributed by atoms with Crippen LogP contribution >= 0.6 is 0 Å². The van der Waals surface area contributed by atoms with Crippen LogP contribution in [0, 0.1) is 5.82 Å². The van der Waals surface area contributed by atoms with Gasteiger partial charge < -0.3 is 16.8 Å². The van der Waals surface area contributed by atoms with Crippen molar-refractivity contribution in [3.8, 4) is 0 Å². The summed E-state index contributed by atoms with van der Waals surface area (Å²) >= 11 is 0. The Bertz CT molecular complexity index is 449. The number of hydrogen-bond donors (Lipinski definition) is 3. The maximum Gasteiger partial charge on any atom is 0.248 e. The molecule has 0 aliphatic carbocycles. The Morgan fingerprint density at radius 1 is 1.28 bits per heavy atom. The molecule has 5 nitrogen and oxygen atoms in total. The lowest BCUT2D eigenvalue weighted by molar-refractivity contribution is -0.118. The number of primary amides is 2. The number of amides is 2. The van der Waals surface area contributed by atoms with Crippen LogP contribution in [0.2, 0.25) is 0 Å². The fourth-order valence-electron chi connectivity index (χ4n) is 1.45. The molecule has 1 rings (SSSR count). The fourth-order valence-corrected chi connectivity index (χ4v) is 1.45. The smallest absolute Gasteiger partial charge is 0.248 e. The van der Waals surface area contributed by atoms with Crippen LogP contribution in [-0.4, -0.2) is 18.4 Å². The minimum absolute atomic E-state index is 0.143. The molecule has 18 heavy (non-hydrogen) atoms. The number of halogens is 1. The van der Waals surface area contributed by atoms with E-state index in [9.17, 15) is 14.0 Å². The zero-order chi connectivity index (χ0) is 13.5. The molecule has 0 heterocycles. The van der Waals surface area contributed by atoms with Crippen LogP contribution in [0.4, 0.5) is 4.39 Å². The first-order valence-corrected chi connectivity index (χ1v) is 5.58. The van der Waals surface area contributed by atoms with Gasteiger partial charge >= 0.3 is 0 Å². The Hall–Kier alpha value is -1.95. The molecular formula is C12H16FN3O2. The molecule has 1 aromatic carbocycles. The van der Waals surface area contributed by atoms with E-state index in [1.54, 1.807) is 0 Å². The Morgan fingerprint density at radius 2 is 2.00 bits per heavy atom. The van der Waals surface area contributed by atoms with Gasteiger partial charge in [0.2, 0.25) is 11.8 Å². The Kier molecular flexibility index (Phi) is 5.26. The van der Waals surface area contributed by atoms with Crippen LogP contribution in [-0.2, 0) is 11.3 Å². The number of nitrogens with one attached hydrogen (secondary N) is 1. The summed E-state index contributed by atoms with van der Waals surface area (Å²) in [6, 6.07) is 4.10. The number of benzene rings is 1. The van der Waals surface area contributed by atoms with Gasteiger partial charge in [0.1, 0.15) is 5.82 Å². The summed E-state index contributed by atoms with van der Waals surface area (Å²) < 4.78 is 13.5. The van der Waals surface area contributed by atoms with Crippen LogP contribution in [0.15, 0.2) is 18.2 Å². The molecule has 98 valence electrons. The van der Waals surface area contributed by atoms with E-state index >= 15 is 0 Å². The van der Waals surface area contributed by atoms with Gasteiger partial charge in [-0.25, -0.2) is 4.39 Å². The maximum absolute atomic E-state index is 13.5. The third-order valence-electron chi connectivity index (χ3n) is 2.43. The zero-order valence-corrected chi connectivity index (χ0v) is 9.91. The van der Waals surface area contributed by atoms with Gasteiger partial charge in [0, 0.05) is 24.1 Å². The monoisotopic (exact) mass is 253 g/mol. The molecule has 0 saturated carbocycles. The minimum atomic E-state index is -0.658. The van der Waals surface area contributed by atoms with E-state index in [1.807, 2.05) is 0 Å². The normalized spacial score (nSPS) is 10.3. The molecule has 0 spiro atoms. The van der Waals surface area contributed by atoms with Crippen molar-refractivity contribution in [2.24, 2.45) is 11.5 Å². The third kappa shape index (κ3) is 4.50. The van der Waals surface area contributed by atoms with Crippen LogP contribution in [0.3, 0.4) is 0 Å². The van der Waals surface area contributed by atoms with Crippen molar-refractivity contribution >= 4 is 11.8 Å². The predicted molar refractivity (Wildman–Crippen MR) is 65.1 cm³/mol. The molecule has 0 fully saturated rings. The maximum atomic E-state index is 13.5. The van der Waals surface area contributed by atoms with Gasteiger partial charge in [-0.2, -0.15) is 0 Å². The summed E-state index contributed by atoms with van der Waals surface area (Å²) in [7, 11) is 0. The number of carbonyl (C=O) groups is 2. The van der Waals surface area contributed by atoms with Crippen molar-refractivity contribution in [3.05, 3.63) is 35.1 Å². The molecule has 5 N–H and O–H groups in total. The highest BCUT2D eigenvalue weighted by atomic mass is 19.1. The van der Waals surface area contributed by atoms with E-state index in [0.717, 1.165) is 6.07 Å². The largest absolute Gasteiger partial charge is 0.370 e. The van der Waals surface area contributed by atoms with Crippen LogP contribution < -0.4 is 16.8 Å². The van der Waals surface area contributed by atoms with E-state index in [1.165, 1.54) is 12.1 Å². The van der Waals surface area contributed by atoms with Crippen molar-refractivity contribution in [2.45, 2.75) is 19.4 Å². The van der Waals surface area contributed by atoms with Crippen molar-refractivity contribution in [2.75, 3.05) is 6.54 Å². The van der Waals surface area contributed by atoms with Gasteiger partial charge in [0.15, 0.2) is 0 Å². The van der Waals surface area contributed by atoms with Gasteiger partial charge in [-0.3, -0.25) is 9.59 Å². The second-order valence-corrected chi connectivity index (χ2v) is 3.92. The molecule has 0 unspecified atom stereocenters. The van der Waals surface area contributed by atoms with Crippen molar-refractivity contribution in [3.63, 3.8) is 0 Å². The summed E-state index contributed by atoms with van der Waals surface area (Å²) in [6.45, 7) is 0.892. The molecule has 0 aliphatic rings. The summed E-state index contributed by atoms with van der Waals surface area (Å²) in [6.07, 6.45) is 0.909. The molecule has 0 aliphatic heterocycles. The average Bonchev–Trinajstić information content (AvgIpc) is 2.29. The predicted octanol–water partition coefficient (Wildman–Crippen LogP) is 0.280. The highest BCUT2D eigenvalue weighted by Gasteiger charge is 2.06. The molecule has 0 aromatic heterocycles. The molecule has 2 amide bonds. The standard InChI is InChI=1S/C12H16FN3O2/c13-10-6-8(12(15)18)3-4-9(10)7-16-5-1-2-11(14)17/h3-4,6,16H,1-2,5,7H2,(H2,14,17)(H2,15,18). The van der Waals surface area contributed by atoms with Crippen LogP contribution in [0.1, 0.15) is 28.8 Å². The van der Waals surface area contributed by atoms with Crippen LogP contribution in [0.25, 0.3) is 0 Å². The van der Waals surface area contributed by atoms with Gasteiger partial charge in [-0.15, -0.1) is 0 Å². The average molecular weight is 253 g/mol. The summed E-state index contributed by atoms with van der Waals surface area (Å²) in [5, 5.41) is 2.98. The summed E-state index contributed by atoms with van der Waals surface area (Å²) in [4.78, 5) is 21.3. The lowest BCUT2D eigenvalue weighted by Crippen LogP contribution is -2.19. The lowest BCUT2D eigenvalue weighted by Gasteiger charge is -2.06. The van der Waals surface area contributed by atoms with Gasteiger partial charge in [0.25, 0.3) is 0 Å². The Labute approximate surface area is 104 Å². The highest BCUT2D eigenvalue weighted by molar-refractivity contribution is 5.92. The highest BCUT2D eigenvalue weighted by Crippen LogP contribution is 2.10. The van der Waals surface area contributed by atoms with E-state index in [4.69, 9.17) is 11.5 Å². The molecular weight excluding hydrogens is 237 g/mol. The van der Waals surface area contributed by atoms with Gasteiger partial charge in [-0.05, 0) is 25.1 Å². The van der Waals surface area contributed by atoms with E-state index in [0.29, 0.717) is 31.5 Å². The first-order chi connectivity index (χ1) is 8.50. The Morgan fingerprint density at radius 3 is 2.56 bits per heavy atom. The molecule has 1 aromatic rings. The first-order valence-electron chi connectivity index (χ1n) is 5.58. The quantitative estimate of drug-likeness (QED) is 0.609.